The third-order valence-electron chi connectivity index (χ3n) is 4.47. The number of carbonyl (C=O) groups is 2. The number of halogens is 1. The Labute approximate surface area is 157 Å². The maximum absolute atomic E-state index is 12.5. The maximum Gasteiger partial charge on any atom is 0.228 e. The summed E-state index contributed by atoms with van der Waals surface area (Å²) in [5, 5.41) is 3.56. The molecule has 1 aliphatic rings. The summed E-state index contributed by atoms with van der Waals surface area (Å²) in [5.41, 5.74) is 2.70. The molecule has 2 aromatic carbocycles. The Kier molecular flexibility index (Phi) is 5.91. The van der Waals surface area contributed by atoms with E-state index in [4.69, 9.17) is 16.3 Å². The number of anilines is 1. The zero-order valence-corrected chi connectivity index (χ0v) is 15.3. The fourth-order valence-corrected chi connectivity index (χ4v) is 3.14. The number of amides is 2. The Morgan fingerprint density at radius 3 is 2.73 bits per heavy atom. The average molecular weight is 373 g/mol. The van der Waals surface area contributed by atoms with E-state index in [0.29, 0.717) is 24.8 Å². The van der Waals surface area contributed by atoms with Gasteiger partial charge in [-0.3, -0.25) is 9.59 Å². The molecule has 136 valence electrons. The molecule has 26 heavy (non-hydrogen) atoms. The van der Waals surface area contributed by atoms with E-state index in [2.05, 4.69) is 5.32 Å². The number of nitrogens with one attached hydrogen (secondary N) is 1. The van der Waals surface area contributed by atoms with Gasteiger partial charge in [-0.1, -0.05) is 41.9 Å². The summed E-state index contributed by atoms with van der Waals surface area (Å²) in [7, 11) is 1.74. The smallest absolute Gasteiger partial charge is 0.228 e. The lowest BCUT2D eigenvalue weighted by Gasteiger charge is -2.30. The third-order valence-corrected chi connectivity index (χ3v) is 4.72. The Morgan fingerprint density at radius 1 is 1.23 bits per heavy atom. The molecule has 2 amide bonds. The molecule has 1 N–H and O–H groups in total. The number of benzene rings is 2. The van der Waals surface area contributed by atoms with E-state index < -0.39 is 5.92 Å². The zero-order chi connectivity index (χ0) is 18.5. The summed E-state index contributed by atoms with van der Waals surface area (Å²) in [5.74, 6) is -0.650. The van der Waals surface area contributed by atoms with Crippen molar-refractivity contribution in [2.75, 3.05) is 25.1 Å². The van der Waals surface area contributed by atoms with Gasteiger partial charge in [-0.15, -0.1) is 0 Å². The highest BCUT2D eigenvalue weighted by molar-refractivity contribution is 6.30. The lowest BCUT2D eigenvalue weighted by atomic mass is 9.89. The van der Waals surface area contributed by atoms with Crippen LogP contribution in [-0.2, 0) is 20.9 Å². The molecule has 2 aromatic rings. The van der Waals surface area contributed by atoms with E-state index in [-0.39, 0.29) is 18.2 Å². The van der Waals surface area contributed by atoms with Crippen molar-refractivity contribution in [3.05, 3.63) is 64.7 Å². The molecule has 0 aromatic heterocycles. The van der Waals surface area contributed by atoms with Crippen molar-refractivity contribution in [2.45, 2.75) is 18.9 Å². The molecule has 0 aliphatic carbocycles. The molecular formula is C20H21ClN2O3. The quantitative estimate of drug-likeness (QED) is 0.792. The van der Waals surface area contributed by atoms with Gasteiger partial charge in [-0.2, -0.15) is 0 Å². The van der Waals surface area contributed by atoms with E-state index in [1.165, 1.54) is 0 Å². The molecule has 0 unspecified atom stereocenters. The minimum atomic E-state index is -0.453. The fraction of sp³-hybridized carbons (Fsp3) is 0.300. The van der Waals surface area contributed by atoms with Crippen LogP contribution in [0.4, 0.5) is 5.69 Å². The minimum absolute atomic E-state index is 0.0529. The number of para-hydroxylation sites is 1. The Balaban J connectivity index is 1.50. The number of fused-ring (bicyclic) bond motifs is 1. The van der Waals surface area contributed by atoms with E-state index in [9.17, 15) is 9.59 Å². The van der Waals surface area contributed by atoms with Crippen LogP contribution in [0.15, 0.2) is 48.5 Å². The maximum atomic E-state index is 12.5. The summed E-state index contributed by atoms with van der Waals surface area (Å²) >= 11 is 5.84. The van der Waals surface area contributed by atoms with Gasteiger partial charge in [0.05, 0.1) is 19.1 Å². The number of ether oxygens (including phenoxy) is 1. The van der Waals surface area contributed by atoms with Crippen LogP contribution in [0.5, 0.6) is 0 Å². The molecule has 0 fully saturated rings. The second kappa shape index (κ2) is 8.34. The van der Waals surface area contributed by atoms with Crippen molar-refractivity contribution in [1.29, 1.82) is 0 Å². The van der Waals surface area contributed by atoms with Crippen molar-refractivity contribution in [3.63, 3.8) is 0 Å². The SMILES string of the molecule is CN1C(=O)C[C@H](C(=O)NCCOCc2ccc(Cl)cc2)c2ccccc21. The first-order chi connectivity index (χ1) is 12.6. The molecule has 0 bridgehead atoms. The van der Waals surface area contributed by atoms with E-state index in [1.807, 2.05) is 48.5 Å². The highest BCUT2D eigenvalue weighted by Gasteiger charge is 2.33. The van der Waals surface area contributed by atoms with Gasteiger partial charge < -0.3 is 15.0 Å². The van der Waals surface area contributed by atoms with Gasteiger partial charge >= 0.3 is 0 Å². The van der Waals surface area contributed by atoms with Gasteiger partial charge in [0, 0.05) is 30.7 Å². The summed E-state index contributed by atoms with van der Waals surface area (Å²) in [6.07, 6.45) is 0.185. The lowest BCUT2D eigenvalue weighted by molar-refractivity contribution is -0.127. The van der Waals surface area contributed by atoms with Crippen molar-refractivity contribution in [2.24, 2.45) is 0 Å². The summed E-state index contributed by atoms with van der Waals surface area (Å²) in [4.78, 5) is 26.3. The van der Waals surface area contributed by atoms with Crippen LogP contribution in [-0.4, -0.2) is 32.0 Å². The predicted molar refractivity (Wildman–Crippen MR) is 101 cm³/mol. The molecule has 0 radical (unpaired) electrons. The topological polar surface area (TPSA) is 58.6 Å². The predicted octanol–water partition coefficient (Wildman–Crippen LogP) is 3.12. The van der Waals surface area contributed by atoms with Gasteiger partial charge in [0.25, 0.3) is 0 Å². The van der Waals surface area contributed by atoms with Crippen LogP contribution in [0.25, 0.3) is 0 Å². The minimum Gasteiger partial charge on any atom is -0.375 e. The van der Waals surface area contributed by atoms with E-state index in [0.717, 1.165) is 16.8 Å². The Morgan fingerprint density at radius 2 is 1.96 bits per heavy atom. The standard InChI is InChI=1S/C20H21ClN2O3/c1-23-18-5-3-2-4-16(18)17(12-19(23)24)20(25)22-10-11-26-13-14-6-8-15(21)9-7-14/h2-9,17H,10-13H2,1H3,(H,22,25)/t17-/m0/s1. The molecule has 1 heterocycles. The van der Waals surface area contributed by atoms with Crippen molar-refractivity contribution in [3.8, 4) is 0 Å². The van der Waals surface area contributed by atoms with Gasteiger partial charge in [0.1, 0.15) is 0 Å². The number of rotatable bonds is 6. The largest absolute Gasteiger partial charge is 0.375 e. The van der Waals surface area contributed by atoms with Crippen LogP contribution in [0, 0.1) is 0 Å². The number of carbonyl (C=O) groups excluding carboxylic acids is 2. The first-order valence-electron chi connectivity index (χ1n) is 8.51. The van der Waals surface area contributed by atoms with Crippen LogP contribution in [0.2, 0.25) is 5.02 Å². The summed E-state index contributed by atoms with van der Waals surface area (Å²) < 4.78 is 5.57. The second-order valence-corrected chi connectivity index (χ2v) is 6.67. The van der Waals surface area contributed by atoms with Gasteiger partial charge in [-0.05, 0) is 29.3 Å². The monoisotopic (exact) mass is 372 g/mol. The second-order valence-electron chi connectivity index (χ2n) is 6.24. The summed E-state index contributed by atoms with van der Waals surface area (Å²) in [6.45, 7) is 1.26. The number of hydrogen-bond donors (Lipinski definition) is 1. The normalized spacial score (nSPS) is 16.3. The van der Waals surface area contributed by atoms with Crippen LogP contribution >= 0.6 is 11.6 Å². The van der Waals surface area contributed by atoms with Crippen LogP contribution < -0.4 is 10.2 Å². The molecule has 0 saturated carbocycles. The zero-order valence-electron chi connectivity index (χ0n) is 14.6. The van der Waals surface area contributed by atoms with Crippen molar-refractivity contribution in [1.82, 2.24) is 5.32 Å². The first kappa shape index (κ1) is 18.4. The molecular weight excluding hydrogens is 352 g/mol. The molecule has 1 atom stereocenters. The lowest BCUT2D eigenvalue weighted by Crippen LogP contribution is -2.40. The number of nitrogens with zero attached hydrogens (tertiary/aromatic N) is 1. The van der Waals surface area contributed by atoms with Crippen LogP contribution in [0.3, 0.4) is 0 Å². The highest BCUT2D eigenvalue weighted by atomic mass is 35.5. The first-order valence-corrected chi connectivity index (χ1v) is 8.89. The molecule has 6 heteroatoms. The molecule has 3 rings (SSSR count). The fourth-order valence-electron chi connectivity index (χ4n) is 3.02. The molecule has 5 nitrogen and oxygen atoms in total. The average Bonchev–Trinajstić information content (AvgIpc) is 2.65. The summed E-state index contributed by atoms with van der Waals surface area (Å²) in [6, 6.07) is 15.0. The molecule has 0 saturated heterocycles. The molecule has 0 spiro atoms. The van der Waals surface area contributed by atoms with Crippen molar-refractivity contribution < 1.29 is 14.3 Å². The number of hydrogen-bond acceptors (Lipinski definition) is 3. The molecule has 1 aliphatic heterocycles. The van der Waals surface area contributed by atoms with E-state index in [1.54, 1.807) is 11.9 Å². The Hall–Kier alpha value is -2.37. The highest BCUT2D eigenvalue weighted by Crippen LogP contribution is 2.34. The van der Waals surface area contributed by atoms with Gasteiger partial charge in [0.15, 0.2) is 0 Å². The van der Waals surface area contributed by atoms with Crippen molar-refractivity contribution >= 4 is 29.1 Å². The Bertz CT molecular complexity index is 792. The van der Waals surface area contributed by atoms with Crippen LogP contribution in [0.1, 0.15) is 23.5 Å². The van der Waals surface area contributed by atoms with Gasteiger partial charge in [-0.25, -0.2) is 0 Å². The third kappa shape index (κ3) is 4.23. The van der Waals surface area contributed by atoms with Gasteiger partial charge in [0.2, 0.25) is 11.8 Å². The van der Waals surface area contributed by atoms with E-state index >= 15 is 0 Å².